The van der Waals surface area contributed by atoms with Gasteiger partial charge < -0.3 is 20.4 Å². The predicted molar refractivity (Wildman–Crippen MR) is 121 cm³/mol. The number of rotatable bonds is 11. The molecule has 3 N–H and O–H groups in total. The molecule has 0 saturated heterocycles. The number of anilines is 1. The van der Waals surface area contributed by atoms with Crippen LogP contribution in [0.1, 0.15) is 47.3 Å². The summed E-state index contributed by atoms with van der Waals surface area (Å²) < 4.78 is 13.7. The van der Waals surface area contributed by atoms with Crippen molar-refractivity contribution in [3.63, 3.8) is 0 Å². The molecule has 1 aromatic heterocycles. The summed E-state index contributed by atoms with van der Waals surface area (Å²) in [6.07, 6.45) is 3.80. The monoisotopic (exact) mass is 479 g/mol. The second kappa shape index (κ2) is 11.9. The number of aliphatic carboxylic acids is 1. The van der Waals surface area contributed by atoms with Crippen LogP contribution in [-0.4, -0.2) is 57.9 Å². The molecule has 2 heterocycles. The van der Waals surface area contributed by atoms with Crippen LogP contribution in [-0.2, 0) is 22.5 Å². The minimum Gasteiger partial charge on any atom is -0.480 e. The maximum absolute atomic E-state index is 13.7. The van der Waals surface area contributed by atoms with Gasteiger partial charge >= 0.3 is 11.9 Å². The molecule has 0 fully saturated rings. The van der Waals surface area contributed by atoms with Crippen molar-refractivity contribution in [2.45, 2.75) is 44.6 Å². The quantitative estimate of drug-likeness (QED) is 0.332. The van der Waals surface area contributed by atoms with Gasteiger partial charge in [0, 0.05) is 25.4 Å². The number of unbranched alkanes of at least 4 members (excludes halogenated alkanes) is 1. The summed E-state index contributed by atoms with van der Waals surface area (Å²) in [6, 6.07) is 6.52. The molecular weight excluding hydrogens is 453 g/mol. The number of hydrogen-bond acceptors (Lipinski definition) is 7. The summed E-state index contributed by atoms with van der Waals surface area (Å²) in [5.41, 5.74) is 1.91. The Morgan fingerprint density at radius 2 is 2.09 bits per heavy atom. The number of halogens is 2. The van der Waals surface area contributed by atoms with Gasteiger partial charge in [-0.3, -0.25) is 4.79 Å². The molecule has 0 unspecified atom stereocenters. The van der Waals surface area contributed by atoms with Crippen molar-refractivity contribution in [2.75, 3.05) is 25.0 Å². The number of hydroxylamine groups is 2. The van der Waals surface area contributed by atoms with E-state index in [0.29, 0.717) is 19.3 Å². The molecule has 0 amide bonds. The van der Waals surface area contributed by atoms with Crippen LogP contribution in [0.5, 0.6) is 0 Å². The highest BCUT2D eigenvalue weighted by molar-refractivity contribution is 6.33. The number of hydrogen-bond donors (Lipinski definition) is 3. The topological polar surface area (TPSA) is 112 Å². The van der Waals surface area contributed by atoms with Crippen molar-refractivity contribution in [2.24, 2.45) is 0 Å². The zero-order valence-corrected chi connectivity index (χ0v) is 18.9. The van der Waals surface area contributed by atoms with Crippen LogP contribution in [0, 0.1) is 5.82 Å². The van der Waals surface area contributed by atoms with E-state index in [1.165, 1.54) is 17.7 Å². The van der Waals surface area contributed by atoms with E-state index in [1.807, 2.05) is 6.07 Å². The fourth-order valence-electron chi connectivity index (χ4n) is 3.68. The molecule has 0 radical (unpaired) electrons. The Hall–Kier alpha value is -2.75. The molecule has 1 aliphatic heterocycles. The van der Waals surface area contributed by atoms with E-state index in [2.05, 4.69) is 16.4 Å². The van der Waals surface area contributed by atoms with Gasteiger partial charge in [-0.25, -0.2) is 14.2 Å². The molecule has 1 atom stereocenters. The smallest absolute Gasteiger partial charge is 0.358 e. The van der Waals surface area contributed by atoms with Gasteiger partial charge in [0.05, 0.1) is 10.6 Å². The highest BCUT2D eigenvalue weighted by atomic mass is 35.5. The predicted octanol–water partition coefficient (Wildman–Crippen LogP) is 3.46. The largest absolute Gasteiger partial charge is 0.480 e. The van der Waals surface area contributed by atoms with Gasteiger partial charge in [0.25, 0.3) is 0 Å². The number of carboxylic acid groups (broad SMARTS) is 1. The number of fused-ring (bicyclic) bond motifs is 1. The Bertz CT molecular complexity index is 991. The first-order valence-corrected chi connectivity index (χ1v) is 11.3. The molecule has 10 heteroatoms. The van der Waals surface area contributed by atoms with E-state index in [1.54, 1.807) is 0 Å². The lowest BCUT2D eigenvalue weighted by Gasteiger charge is -2.27. The average Bonchev–Trinajstić information content (AvgIpc) is 2.81. The Morgan fingerprint density at radius 3 is 2.85 bits per heavy atom. The van der Waals surface area contributed by atoms with Crippen molar-refractivity contribution in [3.8, 4) is 0 Å². The third kappa shape index (κ3) is 6.63. The summed E-state index contributed by atoms with van der Waals surface area (Å²) >= 11 is 5.86. The fourth-order valence-corrected chi connectivity index (χ4v) is 3.88. The summed E-state index contributed by atoms with van der Waals surface area (Å²) in [4.78, 5) is 34.2. The lowest BCUT2D eigenvalue weighted by atomic mass is 10.1. The second-order valence-electron chi connectivity index (χ2n) is 7.78. The summed E-state index contributed by atoms with van der Waals surface area (Å²) in [7, 11) is 0. The van der Waals surface area contributed by atoms with E-state index in [4.69, 9.17) is 16.4 Å². The number of carboxylic acids is 1. The van der Waals surface area contributed by atoms with Crippen molar-refractivity contribution < 1.29 is 29.0 Å². The SMILES string of the molecule is O=C(ON(CCCCc1ccc2c(n1)NCCC2)[C@@H](CCO)C(=O)O)c1cccc(F)c1Cl. The molecule has 1 aliphatic rings. The van der Waals surface area contributed by atoms with Gasteiger partial charge in [0.15, 0.2) is 0 Å². The van der Waals surface area contributed by atoms with Gasteiger partial charge in [-0.05, 0) is 62.3 Å². The van der Waals surface area contributed by atoms with Crippen molar-refractivity contribution in [1.82, 2.24) is 10.0 Å². The normalized spacial score (nSPS) is 13.8. The van der Waals surface area contributed by atoms with Gasteiger partial charge in [0.1, 0.15) is 17.7 Å². The number of nitrogens with one attached hydrogen (secondary N) is 1. The highest BCUT2D eigenvalue weighted by Crippen LogP contribution is 2.23. The Kier molecular flexibility index (Phi) is 8.99. The first kappa shape index (κ1) is 24.9. The zero-order chi connectivity index (χ0) is 23.8. The van der Waals surface area contributed by atoms with Crippen LogP contribution in [0.15, 0.2) is 30.3 Å². The lowest BCUT2D eigenvalue weighted by molar-refractivity contribution is -0.174. The van der Waals surface area contributed by atoms with Gasteiger partial charge in [-0.15, -0.1) is 5.06 Å². The third-order valence-electron chi connectivity index (χ3n) is 5.42. The molecule has 8 nitrogen and oxygen atoms in total. The maximum atomic E-state index is 13.7. The number of nitrogens with zero attached hydrogens (tertiary/aromatic N) is 2. The second-order valence-corrected chi connectivity index (χ2v) is 8.16. The number of aromatic nitrogens is 1. The molecular formula is C23H27ClFN3O5. The maximum Gasteiger partial charge on any atom is 0.358 e. The Balaban J connectivity index is 1.63. The molecule has 0 saturated carbocycles. The average molecular weight is 480 g/mol. The summed E-state index contributed by atoms with van der Waals surface area (Å²) in [5.74, 6) is -2.08. The first-order chi connectivity index (χ1) is 15.9. The van der Waals surface area contributed by atoms with Crippen molar-refractivity contribution >= 4 is 29.4 Å². The standard InChI is InChI=1S/C23H27ClFN3O5/c24-20-17(7-3-8-18(20)25)23(32)33-28(19(11-14-29)22(30)31)13-2-1-6-16-10-9-15-5-4-12-26-21(15)27-16/h3,7-10,19,29H,1-2,4-6,11-14H2,(H,26,27)(H,30,31)/t19-/m0/s1. The summed E-state index contributed by atoms with van der Waals surface area (Å²) in [5, 5.41) is 22.7. The molecule has 0 spiro atoms. The number of pyridine rings is 1. The summed E-state index contributed by atoms with van der Waals surface area (Å²) in [6.45, 7) is 0.608. The van der Waals surface area contributed by atoms with E-state index in [9.17, 15) is 24.2 Å². The number of carbonyl (C=O) groups is 2. The highest BCUT2D eigenvalue weighted by Gasteiger charge is 2.29. The van der Waals surface area contributed by atoms with Crippen LogP contribution in [0.2, 0.25) is 5.02 Å². The number of aliphatic hydroxyl groups is 1. The van der Waals surface area contributed by atoms with E-state index in [0.717, 1.165) is 42.0 Å². The van der Waals surface area contributed by atoms with Crippen LogP contribution in [0.25, 0.3) is 0 Å². The molecule has 33 heavy (non-hydrogen) atoms. The number of aliphatic hydroxyl groups excluding tert-OH is 1. The lowest BCUT2D eigenvalue weighted by Crippen LogP contribution is -2.43. The Morgan fingerprint density at radius 1 is 1.27 bits per heavy atom. The zero-order valence-electron chi connectivity index (χ0n) is 18.1. The number of aryl methyl sites for hydroxylation is 2. The fraction of sp³-hybridized carbons (Fsp3) is 0.435. The number of carbonyl (C=O) groups excluding carboxylic acids is 1. The molecule has 178 valence electrons. The van der Waals surface area contributed by atoms with Crippen LogP contribution >= 0.6 is 11.6 Å². The van der Waals surface area contributed by atoms with Crippen LogP contribution in [0.3, 0.4) is 0 Å². The molecule has 0 bridgehead atoms. The minimum absolute atomic E-state index is 0.110. The van der Waals surface area contributed by atoms with Gasteiger partial charge in [-0.1, -0.05) is 23.7 Å². The van der Waals surface area contributed by atoms with Crippen molar-refractivity contribution in [3.05, 3.63) is 58.0 Å². The van der Waals surface area contributed by atoms with E-state index < -0.39 is 35.4 Å². The Labute approximate surface area is 196 Å². The molecule has 2 aromatic rings. The molecule has 3 rings (SSSR count). The third-order valence-corrected chi connectivity index (χ3v) is 5.80. The van der Waals surface area contributed by atoms with Crippen LogP contribution < -0.4 is 5.32 Å². The molecule has 0 aliphatic carbocycles. The van der Waals surface area contributed by atoms with E-state index >= 15 is 0 Å². The van der Waals surface area contributed by atoms with Gasteiger partial charge in [-0.2, -0.15) is 0 Å². The van der Waals surface area contributed by atoms with Crippen molar-refractivity contribution in [1.29, 1.82) is 0 Å². The van der Waals surface area contributed by atoms with Crippen LogP contribution in [0.4, 0.5) is 10.2 Å². The van der Waals surface area contributed by atoms with E-state index in [-0.39, 0.29) is 18.5 Å². The first-order valence-electron chi connectivity index (χ1n) is 10.9. The number of benzene rings is 1. The van der Waals surface area contributed by atoms with Gasteiger partial charge in [0.2, 0.25) is 0 Å². The molecule has 1 aromatic carbocycles. The minimum atomic E-state index is -1.25.